The molecule has 0 aliphatic heterocycles. The molecule has 0 radical (unpaired) electrons. The summed E-state index contributed by atoms with van der Waals surface area (Å²) in [5.74, 6) is -0.0707. The molecular formula is C15H12ClN3O. The lowest BCUT2D eigenvalue weighted by atomic mass is 10.1. The lowest BCUT2D eigenvalue weighted by Gasteiger charge is -2.02. The topological polar surface area (TPSA) is 47.8 Å². The zero-order chi connectivity index (χ0) is 13.9. The van der Waals surface area contributed by atoms with Gasteiger partial charge in [-0.3, -0.25) is 4.79 Å². The second kappa shape index (κ2) is 5.43. The van der Waals surface area contributed by atoms with E-state index in [0.717, 1.165) is 16.6 Å². The molecule has 0 amide bonds. The van der Waals surface area contributed by atoms with Crippen molar-refractivity contribution in [1.29, 1.82) is 0 Å². The molecule has 20 heavy (non-hydrogen) atoms. The lowest BCUT2D eigenvalue weighted by molar-refractivity contribution is 0.0890. The zero-order valence-corrected chi connectivity index (χ0v) is 11.4. The van der Waals surface area contributed by atoms with E-state index in [-0.39, 0.29) is 5.91 Å². The van der Waals surface area contributed by atoms with Crippen LogP contribution in [0.3, 0.4) is 0 Å². The first kappa shape index (κ1) is 12.8. The molecule has 0 saturated heterocycles. The summed E-state index contributed by atoms with van der Waals surface area (Å²) in [7, 11) is 0. The second-order valence-electron chi connectivity index (χ2n) is 4.51. The number of hydrogen-bond donors (Lipinski definition) is 0. The second-order valence-corrected chi connectivity index (χ2v) is 4.95. The number of aromatic nitrogens is 3. The first-order chi connectivity index (χ1) is 9.74. The van der Waals surface area contributed by atoms with E-state index in [1.165, 1.54) is 4.68 Å². The fourth-order valence-corrected chi connectivity index (χ4v) is 2.32. The number of carbonyl (C=O) groups is 1. The van der Waals surface area contributed by atoms with Gasteiger partial charge in [-0.05, 0) is 36.2 Å². The van der Waals surface area contributed by atoms with Gasteiger partial charge in [-0.15, -0.1) is 5.10 Å². The predicted molar refractivity (Wildman–Crippen MR) is 77.9 cm³/mol. The average molecular weight is 286 g/mol. The third kappa shape index (κ3) is 2.56. The third-order valence-corrected chi connectivity index (χ3v) is 3.34. The molecule has 0 aliphatic rings. The van der Waals surface area contributed by atoms with Crippen molar-refractivity contribution in [2.24, 2.45) is 0 Å². The Balaban J connectivity index is 1.76. The summed E-state index contributed by atoms with van der Waals surface area (Å²) >= 11 is 5.93. The summed E-state index contributed by atoms with van der Waals surface area (Å²) in [5, 5.41) is 8.58. The normalized spacial score (nSPS) is 10.8. The number of rotatable bonds is 3. The smallest absolute Gasteiger partial charge is 0.249 e. The summed E-state index contributed by atoms with van der Waals surface area (Å²) in [4.78, 5) is 12.2. The van der Waals surface area contributed by atoms with Crippen LogP contribution in [0.4, 0.5) is 0 Å². The molecule has 4 nitrogen and oxygen atoms in total. The molecule has 0 fully saturated rings. The number of nitrogens with zero attached hydrogens (tertiary/aromatic N) is 3. The van der Waals surface area contributed by atoms with Crippen molar-refractivity contribution in [1.82, 2.24) is 15.0 Å². The van der Waals surface area contributed by atoms with Gasteiger partial charge in [0.15, 0.2) is 0 Å². The van der Waals surface area contributed by atoms with E-state index in [1.54, 1.807) is 0 Å². The van der Waals surface area contributed by atoms with Crippen molar-refractivity contribution in [2.45, 2.75) is 12.8 Å². The van der Waals surface area contributed by atoms with Crippen molar-refractivity contribution in [2.75, 3.05) is 0 Å². The molecule has 3 aromatic rings. The molecule has 5 heteroatoms. The number of benzene rings is 2. The number of para-hydroxylation sites is 1. The van der Waals surface area contributed by atoms with Crippen LogP contribution in [0.2, 0.25) is 5.02 Å². The molecule has 0 unspecified atom stereocenters. The summed E-state index contributed by atoms with van der Waals surface area (Å²) in [6, 6.07) is 14.9. The fraction of sp³-hybridized carbons (Fsp3) is 0.133. The van der Waals surface area contributed by atoms with Gasteiger partial charge in [0.05, 0.1) is 5.52 Å². The highest BCUT2D eigenvalue weighted by molar-refractivity contribution is 6.30. The van der Waals surface area contributed by atoms with Crippen LogP contribution in [-0.4, -0.2) is 20.9 Å². The number of fused-ring (bicyclic) bond motifs is 1. The molecule has 0 N–H and O–H groups in total. The van der Waals surface area contributed by atoms with Crippen molar-refractivity contribution < 1.29 is 4.79 Å². The summed E-state index contributed by atoms with van der Waals surface area (Å²) < 4.78 is 1.36. The minimum absolute atomic E-state index is 0.0707. The molecule has 0 atom stereocenters. The standard InChI is InChI=1S/C15H12ClN3O/c16-12-5-3-4-11(10-12)8-9-15(20)19-14-7-2-1-6-13(14)17-18-19/h1-7,10H,8-9H2. The molecule has 100 valence electrons. The van der Waals surface area contributed by atoms with E-state index < -0.39 is 0 Å². The van der Waals surface area contributed by atoms with Gasteiger partial charge < -0.3 is 0 Å². The zero-order valence-electron chi connectivity index (χ0n) is 10.7. The maximum Gasteiger partial charge on any atom is 0.249 e. The van der Waals surface area contributed by atoms with Crippen LogP contribution in [0.5, 0.6) is 0 Å². The Morgan fingerprint density at radius 1 is 1.15 bits per heavy atom. The van der Waals surface area contributed by atoms with Crippen LogP contribution < -0.4 is 0 Å². The van der Waals surface area contributed by atoms with Gasteiger partial charge >= 0.3 is 0 Å². The highest BCUT2D eigenvalue weighted by Crippen LogP contribution is 2.14. The van der Waals surface area contributed by atoms with Crippen LogP contribution in [0.15, 0.2) is 48.5 Å². The summed E-state index contributed by atoms with van der Waals surface area (Å²) in [6.45, 7) is 0. The monoisotopic (exact) mass is 285 g/mol. The maximum absolute atomic E-state index is 12.2. The van der Waals surface area contributed by atoms with Crippen molar-refractivity contribution in [3.8, 4) is 0 Å². The van der Waals surface area contributed by atoms with Crippen molar-refractivity contribution in [3.05, 3.63) is 59.1 Å². The number of carbonyl (C=O) groups excluding carboxylic acids is 1. The maximum atomic E-state index is 12.2. The van der Waals surface area contributed by atoms with Gasteiger partial charge in [-0.2, -0.15) is 4.68 Å². The molecule has 1 aromatic heterocycles. The average Bonchev–Trinajstić information content (AvgIpc) is 2.89. The Kier molecular flexibility index (Phi) is 3.48. The van der Waals surface area contributed by atoms with Crippen LogP contribution in [0.1, 0.15) is 16.8 Å². The molecular weight excluding hydrogens is 274 g/mol. The van der Waals surface area contributed by atoms with E-state index in [9.17, 15) is 4.79 Å². The Hall–Kier alpha value is -2.20. The molecule has 1 heterocycles. The molecule has 0 aliphatic carbocycles. The minimum Gasteiger partial charge on any atom is -0.272 e. The van der Waals surface area contributed by atoms with Gasteiger partial charge in [-0.25, -0.2) is 0 Å². The predicted octanol–water partition coefficient (Wildman–Crippen LogP) is 3.36. The molecule has 0 saturated carbocycles. The Morgan fingerprint density at radius 2 is 2.00 bits per heavy atom. The van der Waals surface area contributed by atoms with Crippen molar-refractivity contribution >= 4 is 28.5 Å². The van der Waals surface area contributed by atoms with Crippen LogP contribution in [0.25, 0.3) is 11.0 Å². The quantitative estimate of drug-likeness (QED) is 0.741. The summed E-state index contributed by atoms with van der Waals surface area (Å²) in [6.07, 6.45) is 1.00. The van der Waals surface area contributed by atoms with E-state index in [2.05, 4.69) is 10.3 Å². The van der Waals surface area contributed by atoms with Crippen LogP contribution >= 0.6 is 11.6 Å². The molecule has 2 aromatic carbocycles. The van der Waals surface area contributed by atoms with E-state index in [1.807, 2.05) is 48.5 Å². The van der Waals surface area contributed by atoms with Gasteiger partial charge in [0.25, 0.3) is 0 Å². The first-order valence-electron chi connectivity index (χ1n) is 6.32. The van der Waals surface area contributed by atoms with E-state index in [0.29, 0.717) is 17.9 Å². The SMILES string of the molecule is O=C(CCc1cccc(Cl)c1)n1nnc2ccccc21. The number of halogens is 1. The molecule has 0 bridgehead atoms. The van der Waals surface area contributed by atoms with Crippen LogP contribution in [0, 0.1) is 0 Å². The minimum atomic E-state index is -0.0707. The molecule has 0 spiro atoms. The number of hydrogen-bond acceptors (Lipinski definition) is 3. The van der Waals surface area contributed by atoms with Gasteiger partial charge in [-0.1, -0.05) is 41.1 Å². The van der Waals surface area contributed by atoms with Gasteiger partial charge in [0, 0.05) is 11.4 Å². The third-order valence-electron chi connectivity index (χ3n) is 3.10. The lowest BCUT2D eigenvalue weighted by Crippen LogP contribution is -2.13. The first-order valence-corrected chi connectivity index (χ1v) is 6.70. The van der Waals surface area contributed by atoms with Gasteiger partial charge in [0.2, 0.25) is 5.91 Å². The number of aryl methyl sites for hydroxylation is 1. The Morgan fingerprint density at radius 3 is 2.85 bits per heavy atom. The summed E-state index contributed by atoms with van der Waals surface area (Å²) in [5.41, 5.74) is 2.50. The highest BCUT2D eigenvalue weighted by atomic mass is 35.5. The highest BCUT2D eigenvalue weighted by Gasteiger charge is 2.11. The Labute approximate surface area is 121 Å². The van der Waals surface area contributed by atoms with E-state index in [4.69, 9.17) is 11.6 Å². The van der Waals surface area contributed by atoms with Crippen molar-refractivity contribution in [3.63, 3.8) is 0 Å². The van der Waals surface area contributed by atoms with E-state index >= 15 is 0 Å². The van der Waals surface area contributed by atoms with Crippen LogP contribution in [-0.2, 0) is 6.42 Å². The fourth-order valence-electron chi connectivity index (χ4n) is 2.10. The van der Waals surface area contributed by atoms with Gasteiger partial charge in [0.1, 0.15) is 5.52 Å². The Bertz CT molecular complexity index is 766. The largest absolute Gasteiger partial charge is 0.272 e. The molecule has 3 rings (SSSR count).